The maximum Gasteiger partial charge on any atom is 0.239 e. The molecule has 1 aromatic rings. The van der Waals surface area contributed by atoms with Crippen LogP contribution >= 0.6 is 0 Å². The van der Waals surface area contributed by atoms with Crippen molar-refractivity contribution in [2.24, 2.45) is 5.14 Å². The Morgan fingerprint density at radius 2 is 2.00 bits per heavy atom. The summed E-state index contributed by atoms with van der Waals surface area (Å²) in [6, 6.07) is 2.90. The Hall–Kier alpha value is -0.980. The van der Waals surface area contributed by atoms with Crippen LogP contribution in [0.2, 0.25) is 0 Å². The molecule has 1 fully saturated rings. The summed E-state index contributed by atoms with van der Waals surface area (Å²) < 4.78 is 26.1. The van der Waals surface area contributed by atoms with Gasteiger partial charge in [0.1, 0.15) is 4.90 Å². The van der Waals surface area contributed by atoms with E-state index in [0.29, 0.717) is 0 Å². The zero-order chi connectivity index (χ0) is 11.1. The van der Waals surface area contributed by atoms with Gasteiger partial charge in [0.25, 0.3) is 0 Å². The van der Waals surface area contributed by atoms with Gasteiger partial charge in [-0.25, -0.2) is 13.6 Å². The number of primary sulfonamides is 1. The van der Waals surface area contributed by atoms with Crippen LogP contribution < -0.4 is 5.14 Å². The molecule has 1 saturated heterocycles. The zero-order valence-electron chi connectivity index (χ0n) is 8.30. The Balaban J connectivity index is 0.000000187. The van der Waals surface area contributed by atoms with E-state index in [0.717, 1.165) is 13.2 Å². The van der Waals surface area contributed by atoms with Crippen molar-refractivity contribution < 1.29 is 13.2 Å². The predicted molar refractivity (Wildman–Crippen MR) is 55.7 cm³/mol. The van der Waals surface area contributed by atoms with Crippen molar-refractivity contribution in [1.29, 1.82) is 0 Å². The zero-order valence-corrected chi connectivity index (χ0v) is 9.11. The molecule has 0 bridgehead atoms. The summed E-state index contributed by atoms with van der Waals surface area (Å²) in [4.78, 5) is 3.63. The van der Waals surface area contributed by atoms with Gasteiger partial charge >= 0.3 is 0 Å². The second kappa shape index (κ2) is 5.79. The highest BCUT2D eigenvalue weighted by Crippen LogP contribution is 2.00. The fraction of sp³-hybridized carbons (Fsp3) is 0.444. The van der Waals surface area contributed by atoms with E-state index >= 15 is 0 Å². The second-order valence-electron chi connectivity index (χ2n) is 3.05. The molecule has 0 aliphatic carbocycles. The Bertz CT molecular complexity index is 366. The van der Waals surface area contributed by atoms with Gasteiger partial charge in [0.05, 0.1) is 0 Å². The van der Waals surface area contributed by atoms with Gasteiger partial charge in [-0.2, -0.15) is 0 Å². The van der Waals surface area contributed by atoms with Gasteiger partial charge in [-0.3, -0.25) is 4.98 Å². The molecule has 1 aliphatic rings. The molecule has 2 heterocycles. The summed E-state index contributed by atoms with van der Waals surface area (Å²) >= 11 is 0. The highest BCUT2D eigenvalue weighted by molar-refractivity contribution is 7.89. The van der Waals surface area contributed by atoms with E-state index in [2.05, 4.69) is 4.98 Å². The van der Waals surface area contributed by atoms with Crippen molar-refractivity contribution in [2.45, 2.75) is 17.7 Å². The van der Waals surface area contributed by atoms with E-state index < -0.39 is 10.0 Å². The molecule has 0 spiro atoms. The first-order chi connectivity index (χ1) is 7.11. The molecule has 6 heteroatoms. The van der Waals surface area contributed by atoms with Gasteiger partial charge in [-0.1, -0.05) is 0 Å². The Labute approximate surface area is 89.3 Å². The predicted octanol–water partition coefficient (Wildman–Crippen LogP) is 0.526. The summed E-state index contributed by atoms with van der Waals surface area (Å²) in [7, 11) is -3.57. The Kier molecular flexibility index (Phi) is 4.67. The molecule has 0 aromatic carbocycles. The summed E-state index contributed by atoms with van der Waals surface area (Å²) in [5.74, 6) is 0. The number of sulfonamides is 1. The molecular weight excluding hydrogens is 216 g/mol. The first-order valence-corrected chi connectivity index (χ1v) is 6.16. The highest BCUT2D eigenvalue weighted by atomic mass is 32.2. The minimum atomic E-state index is -3.57. The van der Waals surface area contributed by atoms with E-state index in [1.165, 1.54) is 37.4 Å². The topological polar surface area (TPSA) is 82.3 Å². The standard InChI is InChI=1S/C5H6N2O2S.C4H8O/c6-10(8,9)5-2-1-3-7-4-5;1-2-4-5-3-1/h1-4H,(H2,6,8,9);1-4H2. The molecular formula is C9H14N2O3S. The van der Waals surface area contributed by atoms with Gasteiger partial charge in [0.15, 0.2) is 0 Å². The third-order valence-electron chi connectivity index (χ3n) is 1.79. The third-order valence-corrected chi connectivity index (χ3v) is 2.69. The highest BCUT2D eigenvalue weighted by Gasteiger charge is 2.04. The number of ether oxygens (including phenoxy) is 1. The largest absolute Gasteiger partial charge is 0.381 e. The molecule has 0 amide bonds. The van der Waals surface area contributed by atoms with Crippen molar-refractivity contribution in [3.63, 3.8) is 0 Å². The molecule has 0 atom stereocenters. The van der Waals surface area contributed by atoms with Crippen LogP contribution in [0.5, 0.6) is 0 Å². The Morgan fingerprint density at radius 1 is 1.33 bits per heavy atom. The molecule has 1 aliphatic heterocycles. The fourth-order valence-electron chi connectivity index (χ4n) is 1.03. The summed E-state index contributed by atoms with van der Waals surface area (Å²) in [5, 5.41) is 4.79. The normalized spacial score (nSPS) is 15.5. The minimum Gasteiger partial charge on any atom is -0.381 e. The second-order valence-corrected chi connectivity index (χ2v) is 4.61. The first-order valence-electron chi connectivity index (χ1n) is 4.61. The van der Waals surface area contributed by atoms with E-state index in [4.69, 9.17) is 9.88 Å². The number of pyridine rings is 1. The van der Waals surface area contributed by atoms with Crippen molar-refractivity contribution in [2.75, 3.05) is 13.2 Å². The molecule has 0 saturated carbocycles. The SMILES string of the molecule is C1CCOC1.NS(=O)(=O)c1cccnc1. The van der Waals surface area contributed by atoms with Gasteiger partial charge in [-0.15, -0.1) is 0 Å². The van der Waals surface area contributed by atoms with Crippen molar-refractivity contribution in [1.82, 2.24) is 4.98 Å². The Morgan fingerprint density at radius 3 is 2.27 bits per heavy atom. The summed E-state index contributed by atoms with van der Waals surface area (Å²) in [6.07, 6.45) is 5.24. The van der Waals surface area contributed by atoms with Crippen LogP contribution in [0.25, 0.3) is 0 Å². The molecule has 84 valence electrons. The van der Waals surface area contributed by atoms with Gasteiger partial charge in [0, 0.05) is 25.6 Å². The summed E-state index contributed by atoms with van der Waals surface area (Å²) in [5.41, 5.74) is 0. The van der Waals surface area contributed by atoms with E-state index in [-0.39, 0.29) is 4.90 Å². The van der Waals surface area contributed by atoms with Crippen LogP contribution in [0, 0.1) is 0 Å². The smallest absolute Gasteiger partial charge is 0.239 e. The molecule has 2 N–H and O–H groups in total. The quantitative estimate of drug-likeness (QED) is 0.762. The lowest BCUT2D eigenvalue weighted by Crippen LogP contribution is -2.11. The maximum absolute atomic E-state index is 10.6. The van der Waals surface area contributed by atoms with E-state index in [1.54, 1.807) is 0 Å². The van der Waals surface area contributed by atoms with Crippen molar-refractivity contribution in [3.8, 4) is 0 Å². The van der Waals surface area contributed by atoms with Crippen LogP contribution in [0.4, 0.5) is 0 Å². The van der Waals surface area contributed by atoms with Crippen LogP contribution in [-0.2, 0) is 14.8 Å². The average Bonchev–Trinajstić information content (AvgIpc) is 2.76. The molecule has 5 nitrogen and oxygen atoms in total. The van der Waals surface area contributed by atoms with Crippen molar-refractivity contribution >= 4 is 10.0 Å². The number of nitrogens with two attached hydrogens (primary N) is 1. The van der Waals surface area contributed by atoms with Crippen LogP contribution in [0.1, 0.15) is 12.8 Å². The summed E-state index contributed by atoms with van der Waals surface area (Å²) in [6.45, 7) is 2.00. The van der Waals surface area contributed by atoms with E-state index in [9.17, 15) is 8.42 Å². The lowest BCUT2D eigenvalue weighted by Gasteiger charge is -1.92. The number of nitrogens with zero attached hydrogens (tertiary/aromatic N) is 1. The first kappa shape index (κ1) is 12.1. The van der Waals surface area contributed by atoms with Gasteiger partial charge in [0.2, 0.25) is 10.0 Å². The lowest BCUT2D eigenvalue weighted by molar-refractivity contribution is 0.198. The van der Waals surface area contributed by atoms with Crippen LogP contribution in [0.3, 0.4) is 0 Å². The fourth-order valence-corrected chi connectivity index (χ4v) is 1.50. The van der Waals surface area contributed by atoms with Gasteiger partial charge in [-0.05, 0) is 25.0 Å². The monoisotopic (exact) mass is 230 g/mol. The number of hydrogen-bond donors (Lipinski definition) is 1. The minimum absolute atomic E-state index is 0.0370. The van der Waals surface area contributed by atoms with Crippen LogP contribution in [-0.4, -0.2) is 26.6 Å². The maximum atomic E-state index is 10.6. The van der Waals surface area contributed by atoms with Crippen molar-refractivity contribution in [3.05, 3.63) is 24.5 Å². The average molecular weight is 230 g/mol. The van der Waals surface area contributed by atoms with Crippen LogP contribution in [0.15, 0.2) is 29.4 Å². The van der Waals surface area contributed by atoms with E-state index in [1.807, 2.05) is 0 Å². The number of aromatic nitrogens is 1. The van der Waals surface area contributed by atoms with Gasteiger partial charge < -0.3 is 4.74 Å². The third kappa shape index (κ3) is 4.87. The lowest BCUT2D eigenvalue weighted by atomic mass is 10.4. The molecule has 1 aromatic heterocycles. The molecule has 0 radical (unpaired) electrons. The molecule has 0 unspecified atom stereocenters. The number of hydrogen-bond acceptors (Lipinski definition) is 4. The number of rotatable bonds is 1. The molecule has 15 heavy (non-hydrogen) atoms. The molecule has 2 rings (SSSR count).